The summed E-state index contributed by atoms with van der Waals surface area (Å²) < 4.78 is 238. The van der Waals surface area contributed by atoms with Gasteiger partial charge < -0.3 is 14.8 Å². The van der Waals surface area contributed by atoms with Gasteiger partial charge in [-0.3, -0.25) is 23.2 Å². The first-order valence-electron chi connectivity index (χ1n) is 25.0. The normalized spacial score (nSPS) is 16.7. The quantitative estimate of drug-likeness (QED) is 0.0282. The van der Waals surface area contributed by atoms with Crippen molar-refractivity contribution in [2.75, 3.05) is 30.2 Å². The van der Waals surface area contributed by atoms with E-state index in [0.717, 1.165) is 42.7 Å². The molecule has 2 aliphatic carbocycles. The molecule has 464 valence electrons. The Balaban J connectivity index is 1.37. The van der Waals surface area contributed by atoms with Crippen molar-refractivity contribution >= 4 is 74.0 Å². The molecule has 3 atom stereocenters. The van der Waals surface area contributed by atoms with Crippen molar-refractivity contribution in [3.63, 3.8) is 0 Å². The minimum atomic E-state index is -5.26. The predicted molar refractivity (Wildman–Crippen MR) is 283 cm³/mol. The van der Waals surface area contributed by atoms with Crippen LogP contribution in [0.25, 0.3) is 22.0 Å². The van der Waals surface area contributed by atoms with Crippen LogP contribution in [0.1, 0.15) is 108 Å². The van der Waals surface area contributed by atoms with Crippen LogP contribution in [-0.4, -0.2) is 107 Å². The van der Waals surface area contributed by atoms with Crippen molar-refractivity contribution in [1.82, 2.24) is 29.9 Å². The highest BCUT2D eigenvalue weighted by Crippen LogP contribution is 2.68. The zero-order chi connectivity index (χ0) is 63.7. The topological polar surface area (TPSA) is 247 Å². The lowest BCUT2D eigenvalue weighted by atomic mass is 9.93. The number of sulfone groups is 1. The highest BCUT2D eigenvalue weighted by atomic mass is 35.5. The Kier molecular flexibility index (Phi) is 17.9. The number of phosphoric ester groups is 1. The Morgan fingerprint density at radius 3 is 2.02 bits per heavy atom. The molecule has 0 unspecified atom stereocenters. The molecule has 7 rings (SSSR count). The minimum absolute atomic E-state index is 0.142. The van der Waals surface area contributed by atoms with Gasteiger partial charge in [0.1, 0.15) is 40.9 Å². The molecule has 34 heteroatoms. The minimum Gasteiger partial charge on any atom is -0.436 e. The molecule has 2 amide bonds. The number of sulfonamides is 1. The summed E-state index contributed by atoms with van der Waals surface area (Å²) >= 11 is 6.66. The molecule has 1 saturated carbocycles. The zero-order valence-electron chi connectivity index (χ0n) is 46.4. The number of esters is 1. The third-order valence-corrected chi connectivity index (χ3v) is 17.7. The largest absolute Gasteiger partial charge is 0.478 e. The number of rotatable bonds is 18. The standard InChI is InChI=1S/C51H53ClF10N7O13PS2/c1-46(2,3)81-83(73,82-47(4,5)6)80-25-79-37(71)23-78-45(72)69(85(10,76)77)44-39-34(52)14-13-31(41(39)68(66-44)24-49(55,56)57)30-12-11-29(15-16-48(7,8)84(9,74)75)63-40(30)35(19-26-17-27(53)20-28(54)18-26)64-36(70)22-67-43-38(42(65-67)51(60,61)62)32-21-33(32)50(43,58)59/h11-14,17-18,20,32-33,35H,19,21-25H2,1-10H3,(H,64,70)/t32-,33+,35-/m0/s1. The summed E-state index contributed by atoms with van der Waals surface area (Å²) in [5.74, 6) is -8.03. The number of carbonyl (C=O) groups is 3. The molecule has 0 radical (unpaired) electrons. The van der Waals surface area contributed by atoms with Crippen LogP contribution < -0.4 is 9.62 Å². The maximum Gasteiger partial charge on any atom is 0.478 e. The van der Waals surface area contributed by atoms with Crippen molar-refractivity contribution in [3.05, 3.63) is 93.0 Å². The van der Waals surface area contributed by atoms with Gasteiger partial charge in [0, 0.05) is 34.9 Å². The Bertz CT molecular complexity index is 3810. The lowest BCUT2D eigenvalue weighted by molar-refractivity contribution is -0.155. The van der Waals surface area contributed by atoms with E-state index in [1.807, 2.05) is 0 Å². The van der Waals surface area contributed by atoms with E-state index in [2.05, 4.69) is 32.3 Å². The number of aromatic nitrogens is 5. The molecule has 0 aliphatic heterocycles. The first-order chi connectivity index (χ1) is 38.7. The van der Waals surface area contributed by atoms with E-state index in [9.17, 15) is 70.9 Å². The second-order valence-electron chi connectivity index (χ2n) is 22.2. The van der Waals surface area contributed by atoms with E-state index in [0.29, 0.717) is 12.3 Å². The number of benzene rings is 2. The van der Waals surface area contributed by atoms with Gasteiger partial charge in [-0.25, -0.2) is 49.3 Å². The molecule has 0 bridgehead atoms. The second kappa shape index (κ2) is 23.1. The number of pyridine rings is 1. The van der Waals surface area contributed by atoms with Crippen LogP contribution in [0.2, 0.25) is 5.02 Å². The molecule has 85 heavy (non-hydrogen) atoms. The van der Waals surface area contributed by atoms with Gasteiger partial charge in [0.2, 0.25) is 22.7 Å². The summed E-state index contributed by atoms with van der Waals surface area (Å²) in [5, 5.41) is 8.24. The van der Waals surface area contributed by atoms with Crippen molar-refractivity contribution in [2.45, 2.75) is 128 Å². The molecule has 3 aromatic heterocycles. The number of ether oxygens (including phenoxy) is 2. The van der Waals surface area contributed by atoms with E-state index in [1.54, 1.807) is 0 Å². The van der Waals surface area contributed by atoms with Crippen LogP contribution in [0.4, 0.5) is 54.5 Å². The van der Waals surface area contributed by atoms with E-state index in [-0.39, 0.29) is 31.3 Å². The van der Waals surface area contributed by atoms with E-state index < -0.39 is 198 Å². The van der Waals surface area contributed by atoms with Crippen molar-refractivity contribution in [3.8, 4) is 23.0 Å². The zero-order valence-corrected chi connectivity index (χ0v) is 49.7. The first-order valence-corrected chi connectivity index (χ1v) is 30.6. The van der Waals surface area contributed by atoms with E-state index in [4.69, 9.17) is 34.6 Å². The van der Waals surface area contributed by atoms with Gasteiger partial charge in [-0.1, -0.05) is 23.6 Å². The molecule has 5 aromatic rings. The summed E-state index contributed by atoms with van der Waals surface area (Å²) in [6.07, 6.45) is -12.4. The number of anilines is 1. The SMILES string of the molecule is CC(C)(C)OP(=O)(OCOC(=O)COC(=O)N(c1nn(CC(F)(F)F)c2c(-c3ccc(C#CC(C)(C)S(C)(=O)=O)nc3[C@H](Cc3cc(F)cc(F)c3)NC(=O)Cn3nc(C(F)(F)F)c4c3C(F)(F)[C@@H]3C[C@H]43)ccc(Cl)c12)S(C)(=O)=O)OC(C)(C)C. The number of alkyl halides is 8. The fraction of sp³-hybridized carbons (Fsp3) is 0.490. The molecule has 0 saturated heterocycles. The summed E-state index contributed by atoms with van der Waals surface area (Å²) in [6, 6.07) is 4.29. The number of carbonyl (C=O) groups excluding carboxylic acids is 3. The highest BCUT2D eigenvalue weighted by molar-refractivity contribution is 7.93. The number of fused-ring (bicyclic) bond motifs is 4. The van der Waals surface area contributed by atoms with Gasteiger partial charge in [0.25, 0.3) is 5.92 Å². The van der Waals surface area contributed by atoms with Gasteiger partial charge in [0.05, 0.1) is 45.1 Å². The van der Waals surface area contributed by atoms with Gasteiger partial charge in [0.15, 0.2) is 28.0 Å². The molecular weight excluding hydrogens is 1240 g/mol. The number of nitrogens with one attached hydrogen (secondary N) is 1. The second-order valence-corrected chi connectivity index (χ2v) is 28.5. The monoisotopic (exact) mass is 1290 g/mol. The molecule has 1 N–H and O–H groups in total. The number of hydrogen-bond donors (Lipinski definition) is 1. The lowest BCUT2D eigenvalue weighted by Gasteiger charge is -2.30. The van der Waals surface area contributed by atoms with Crippen LogP contribution >= 0.6 is 19.4 Å². The molecular formula is C51H53ClF10N7O13PS2. The van der Waals surface area contributed by atoms with Crippen LogP contribution in [0.5, 0.6) is 0 Å². The summed E-state index contributed by atoms with van der Waals surface area (Å²) in [5.41, 5.74) is -8.80. The summed E-state index contributed by atoms with van der Waals surface area (Å²) in [7, 11) is -13.6. The number of halogens is 11. The Morgan fingerprint density at radius 1 is 0.871 bits per heavy atom. The van der Waals surface area contributed by atoms with E-state index in [1.165, 1.54) is 55.4 Å². The Labute approximate surface area is 484 Å². The van der Waals surface area contributed by atoms with Gasteiger partial charge in [-0.05, 0) is 116 Å². The molecule has 0 spiro atoms. The van der Waals surface area contributed by atoms with Crippen molar-refractivity contribution in [2.24, 2.45) is 5.92 Å². The van der Waals surface area contributed by atoms with E-state index >= 15 is 8.78 Å². The third kappa shape index (κ3) is 15.4. The van der Waals surface area contributed by atoms with Crippen molar-refractivity contribution in [1.29, 1.82) is 0 Å². The van der Waals surface area contributed by atoms with Crippen molar-refractivity contribution < 1.29 is 103 Å². The van der Waals surface area contributed by atoms with Crippen LogP contribution in [0, 0.1) is 29.4 Å². The number of amides is 2. The molecule has 3 heterocycles. The van der Waals surface area contributed by atoms with Crippen LogP contribution in [0.15, 0.2) is 42.5 Å². The van der Waals surface area contributed by atoms with Crippen LogP contribution in [0.3, 0.4) is 0 Å². The Morgan fingerprint density at radius 2 is 1.47 bits per heavy atom. The first kappa shape index (κ1) is 66.2. The fourth-order valence-electron chi connectivity index (χ4n) is 8.90. The predicted octanol–water partition coefficient (Wildman–Crippen LogP) is 10.4. The molecule has 1 fully saturated rings. The summed E-state index contributed by atoms with van der Waals surface area (Å²) in [6.45, 7) is 5.39. The summed E-state index contributed by atoms with van der Waals surface area (Å²) in [4.78, 5) is 45.5. The number of hydrogen-bond acceptors (Lipinski definition) is 16. The third-order valence-electron chi connectivity index (χ3n) is 12.5. The van der Waals surface area contributed by atoms with Gasteiger partial charge >= 0.3 is 32.2 Å². The number of nitrogens with zero attached hydrogens (tertiary/aromatic N) is 6. The fourth-order valence-corrected chi connectivity index (χ4v) is 11.8. The molecule has 20 nitrogen and oxygen atoms in total. The molecule has 2 aliphatic rings. The smallest absolute Gasteiger partial charge is 0.436 e. The number of phosphoric acid groups is 1. The highest BCUT2D eigenvalue weighted by Gasteiger charge is 2.68. The van der Waals surface area contributed by atoms with Gasteiger partial charge in [-0.2, -0.15) is 49.6 Å². The Hall–Kier alpha value is -6.36. The average Bonchev–Trinajstić information content (AvgIpc) is 1.56. The lowest BCUT2D eigenvalue weighted by Crippen LogP contribution is -2.38. The maximum absolute atomic E-state index is 15.7. The van der Waals surface area contributed by atoms with Gasteiger partial charge in [-0.15, -0.1) is 0 Å². The maximum atomic E-state index is 15.7. The molecule has 2 aromatic carbocycles. The average molecular weight is 1290 g/mol. The van der Waals surface area contributed by atoms with Crippen LogP contribution in [-0.2, 0) is 88.7 Å².